The Morgan fingerprint density at radius 1 is 1.20 bits per heavy atom. The molecule has 2 aliphatic rings. The number of rotatable bonds is 3. The number of benzene rings is 1. The molecule has 0 N–H and O–H groups in total. The fourth-order valence-electron chi connectivity index (χ4n) is 4.20. The average molecular weight is 342 g/mol. The van der Waals surface area contributed by atoms with Crippen LogP contribution in [0.1, 0.15) is 24.8 Å². The highest BCUT2D eigenvalue weighted by Gasteiger charge is 2.49. The Balaban J connectivity index is 1.48. The summed E-state index contributed by atoms with van der Waals surface area (Å²) in [5.74, 6) is 0.0150. The second-order valence-corrected chi connectivity index (χ2v) is 7.30. The second kappa shape index (κ2) is 6.26. The molecule has 1 spiro atoms. The number of halogens is 1. The summed E-state index contributed by atoms with van der Waals surface area (Å²) in [7, 11) is 1.87. The van der Waals surface area contributed by atoms with Gasteiger partial charge in [-0.1, -0.05) is 12.1 Å². The van der Waals surface area contributed by atoms with Crippen LogP contribution >= 0.6 is 0 Å². The van der Waals surface area contributed by atoms with Gasteiger partial charge in [0.05, 0.1) is 17.3 Å². The third-order valence-electron chi connectivity index (χ3n) is 5.49. The molecule has 3 heterocycles. The van der Waals surface area contributed by atoms with Gasteiger partial charge in [-0.3, -0.25) is 14.4 Å². The zero-order valence-electron chi connectivity index (χ0n) is 14.5. The molecule has 0 unspecified atom stereocenters. The van der Waals surface area contributed by atoms with Crippen molar-refractivity contribution in [1.82, 2.24) is 14.7 Å². The minimum absolute atomic E-state index is 0.211. The van der Waals surface area contributed by atoms with E-state index in [0.29, 0.717) is 0 Å². The summed E-state index contributed by atoms with van der Waals surface area (Å²) in [5.41, 5.74) is 1.70. The van der Waals surface area contributed by atoms with E-state index in [9.17, 15) is 9.18 Å². The predicted octanol–water partition coefficient (Wildman–Crippen LogP) is 2.58. The minimum Gasteiger partial charge on any atom is -0.309 e. The van der Waals surface area contributed by atoms with Crippen LogP contribution in [0.2, 0.25) is 0 Å². The van der Waals surface area contributed by atoms with Gasteiger partial charge in [0.1, 0.15) is 5.82 Å². The number of anilines is 1. The molecule has 1 aromatic heterocycles. The number of aryl methyl sites for hydroxylation is 1. The molecule has 4 rings (SSSR count). The van der Waals surface area contributed by atoms with E-state index < -0.39 is 0 Å². The topological polar surface area (TPSA) is 41.4 Å². The first kappa shape index (κ1) is 16.3. The zero-order chi connectivity index (χ0) is 17.4. The van der Waals surface area contributed by atoms with Crippen molar-refractivity contribution in [1.29, 1.82) is 0 Å². The van der Waals surface area contributed by atoms with E-state index in [1.807, 2.05) is 30.3 Å². The summed E-state index contributed by atoms with van der Waals surface area (Å²) in [5, 5.41) is 4.19. The van der Waals surface area contributed by atoms with Crippen molar-refractivity contribution < 1.29 is 9.18 Å². The monoisotopic (exact) mass is 342 g/mol. The number of hydrogen-bond donors (Lipinski definition) is 0. The summed E-state index contributed by atoms with van der Waals surface area (Å²) in [6.07, 6.45) is 6.52. The highest BCUT2D eigenvalue weighted by molar-refractivity contribution is 6.00. The Morgan fingerprint density at radius 2 is 2.00 bits per heavy atom. The zero-order valence-corrected chi connectivity index (χ0v) is 14.5. The van der Waals surface area contributed by atoms with E-state index in [-0.39, 0.29) is 17.1 Å². The molecule has 1 atom stereocenters. The van der Waals surface area contributed by atoms with Crippen LogP contribution in [0.5, 0.6) is 0 Å². The van der Waals surface area contributed by atoms with Crippen LogP contribution in [0.3, 0.4) is 0 Å². The maximum Gasteiger partial charge on any atom is 0.234 e. The lowest BCUT2D eigenvalue weighted by Crippen LogP contribution is -2.47. The predicted molar refractivity (Wildman–Crippen MR) is 93.5 cm³/mol. The number of aromatic nitrogens is 2. The van der Waals surface area contributed by atoms with Crippen LogP contribution < -0.4 is 4.90 Å². The van der Waals surface area contributed by atoms with Crippen LogP contribution in [0.4, 0.5) is 10.1 Å². The fraction of sp³-hybridized carbons (Fsp3) is 0.474. The van der Waals surface area contributed by atoms with E-state index in [1.54, 1.807) is 10.9 Å². The van der Waals surface area contributed by atoms with E-state index in [0.717, 1.165) is 56.7 Å². The molecule has 2 aliphatic heterocycles. The van der Waals surface area contributed by atoms with Crippen LogP contribution in [0.15, 0.2) is 36.7 Å². The summed E-state index contributed by atoms with van der Waals surface area (Å²) in [6.45, 7) is 3.29. The van der Waals surface area contributed by atoms with Gasteiger partial charge in [0.2, 0.25) is 5.91 Å². The first-order chi connectivity index (χ1) is 12.1. The molecule has 0 saturated carbocycles. The molecule has 2 aromatic rings. The van der Waals surface area contributed by atoms with Gasteiger partial charge in [-0.2, -0.15) is 5.10 Å². The smallest absolute Gasteiger partial charge is 0.234 e. The standard InChI is InChI=1S/C19H23FN4O/c1-22-13-17(11-21-22)24-10-8-19(18(24)25)7-2-9-23(14-19)12-15-3-5-16(20)6-4-15/h3-6,11,13H,2,7-10,12,14H2,1H3/t19-/m0/s1. The quantitative estimate of drug-likeness (QED) is 0.861. The van der Waals surface area contributed by atoms with Gasteiger partial charge >= 0.3 is 0 Å². The lowest BCUT2D eigenvalue weighted by molar-refractivity contribution is -0.128. The Bertz CT molecular complexity index is 772. The fourth-order valence-corrected chi connectivity index (χ4v) is 4.20. The lowest BCUT2D eigenvalue weighted by atomic mass is 9.78. The van der Waals surface area contributed by atoms with Crippen LogP contribution in [-0.4, -0.2) is 40.2 Å². The molecule has 132 valence electrons. The van der Waals surface area contributed by atoms with Gasteiger partial charge in [-0.05, 0) is 43.5 Å². The molecule has 0 bridgehead atoms. The molecule has 0 aliphatic carbocycles. The highest BCUT2D eigenvalue weighted by atomic mass is 19.1. The van der Waals surface area contributed by atoms with Crippen LogP contribution in [0, 0.1) is 11.2 Å². The van der Waals surface area contributed by atoms with E-state index in [1.165, 1.54) is 12.1 Å². The van der Waals surface area contributed by atoms with Crippen LogP contribution in [-0.2, 0) is 18.4 Å². The first-order valence-electron chi connectivity index (χ1n) is 8.83. The van der Waals surface area contributed by atoms with Gasteiger partial charge in [-0.25, -0.2) is 4.39 Å². The van der Waals surface area contributed by atoms with Gasteiger partial charge in [-0.15, -0.1) is 0 Å². The molecule has 2 saturated heterocycles. The SMILES string of the molecule is Cn1cc(N2CC[C@]3(CCCN(Cc4ccc(F)cc4)C3)C2=O)cn1. The molecule has 1 amide bonds. The molecule has 5 nitrogen and oxygen atoms in total. The molecule has 2 fully saturated rings. The van der Waals surface area contributed by atoms with Crippen molar-refractivity contribution in [2.24, 2.45) is 12.5 Å². The van der Waals surface area contributed by atoms with E-state index in [4.69, 9.17) is 0 Å². The lowest BCUT2D eigenvalue weighted by Gasteiger charge is -2.39. The summed E-state index contributed by atoms with van der Waals surface area (Å²) < 4.78 is 14.8. The summed E-state index contributed by atoms with van der Waals surface area (Å²) in [4.78, 5) is 17.4. The van der Waals surface area contributed by atoms with E-state index >= 15 is 0 Å². The number of carbonyl (C=O) groups is 1. The van der Waals surface area contributed by atoms with Crippen LogP contribution in [0.25, 0.3) is 0 Å². The molecule has 1 aromatic carbocycles. The third kappa shape index (κ3) is 3.06. The Kier molecular flexibility index (Phi) is 4.07. The molecular formula is C19H23FN4O. The van der Waals surface area contributed by atoms with Crippen molar-refractivity contribution >= 4 is 11.6 Å². The van der Waals surface area contributed by atoms with Crippen molar-refractivity contribution in [2.75, 3.05) is 24.5 Å². The second-order valence-electron chi connectivity index (χ2n) is 7.30. The average Bonchev–Trinajstić information content (AvgIpc) is 3.15. The maximum absolute atomic E-state index is 13.1. The van der Waals surface area contributed by atoms with Crippen molar-refractivity contribution in [3.63, 3.8) is 0 Å². The van der Waals surface area contributed by atoms with Gasteiger partial charge in [0.25, 0.3) is 0 Å². The molecule has 25 heavy (non-hydrogen) atoms. The number of nitrogens with zero attached hydrogens (tertiary/aromatic N) is 4. The summed E-state index contributed by atoms with van der Waals surface area (Å²) >= 11 is 0. The normalized spacial score (nSPS) is 24.4. The Hall–Kier alpha value is -2.21. The first-order valence-corrected chi connectivity index (χ1v) is 8.83. The summed E-state index contributed by atoms with van der Waals surface area (Å²) in [6, 6.07) is 6.66. The van der Waals surface area contributed by atoms with Gasteiger partial charge in [0, 0.05) is 32.9 Å². The molecule has 0 radical (unpaired) electrons. The molecule has 6 heteroatoms. The molecular weight excluding hydrogens is 319 g/mol. The third-order valence-corrected chi connectivity index (χ3v) is 5.49. The maximum atomic E-state index is 13.1. The van der Waals surface area contributed by atoms with Crippen molar-refractivity contribution in [3.8, 4) is 0 Å². The van der Waals surface area contributed by atoms with E-state index in [2.05, 4.69) is 10.00 Å². The van der Waals surface area contributed by atoms with Gasteiger partial charge in [0.15, 0.2) is 0 Å². The van der Waals surface area contributed by atoms with Gasteiger partial charge < -0.3 is 4.90 Å². The number of amides is 1. The number of carbonyl (C=O) groups excluding carboxylic acids is 1. The van der Waals surface area contributed by atoms with Crippen molar-refractivity contribution in [3.05, 3.63) is 48.0 Å². The number of hydrogen-bond acceptors (Lipinski definition) is 3. The largest absolute Gasteiger partial charge is 0.309 e. The Labute approximate surface area is 147 Å². The van der Waals surface area contributed by atoms with Crippen molar-refractivity contribution in [2.45, 2.75) is 25.8 Å². The Morgan fingerprint density at radius 3 is 2.72 bits per heavy atom. The minimum atomic E-state index is -0.284. The number of piperidine rings is 1. The number of likely N-dealkylation sites (tertiary alicyclic amines) is 1. The highest BCUT2D eigenvalue weighted by Crippen LogP contribution is 2.42.